The SMILES string of the molecule is C1=CC2CCc3ccccc3N(c3ccc4c(c3)oc3ccc5c(ccc6oc7cc(N8C9=C(C=CCC9)CCc9ccccc98)ccc7c65)c34)C2C=C1. The van der Waals surface area contributed by atoms with Gasteiger partial charge in [-0.2, -0.15) is 0 Å². The van der Waals surface area contributed by atoms with Crippen molar-refractivity contribution in [2.24, 2.45) is 5.92 Å². The first-order valence-corrected chi connectivity index (χ1v) is 19.5. The van der Waals surface area contributed by atoms with Gasteiger partial charge in [-0.05, 0) is 127 Å². The van der Waals surface area contributed by atoms with E-state index < -0.39 is 0 Å². The van der Waals surface area contributed by atoms with Gasteiger partial charge in [0.25, 0.3) is 0 Å². The largest absolute Gasteiger partial charge is 0.456 e. The molecule has 0 fully saturated rings. The number of rotatable bonds is 2. The van der Waals surface area contributed by atoms with E-state index in [1.54, 1.807) is 0 Å². The van der Waals surface area contributed by atoms with Gasteiger partial charge in [0.1, 0.15) is 22.3 Å². The lowest BCUT2D eigenvalue weighted by Gasteiger charge is -2.35. The van der Waals surface area contributed by atoms with E-state index in [2.05, 4.69) is 155 Å². The minimum atomic E-state index is 0.261. The molecule has 6 aromatic carbocycles. The fourth-order valence-electron chi connectivity index (χ4n) is 9.99. The molecule has 2 aliphatic heterocycles. The first-order chi connectivity index (χ1) is 26.8. The van der Waals surface area contributed by atoms with Crippen molar-refractivity contribution in [2.75, 3.05) is 9.80 Å². The number of nitrogens with zero attached hydrogens (tertiary/aromatic N) is 2. The zero-order valence-electron chi connectivity index (χ0n) is 30.0. The standard InChI is InChI=1S/C50H38N2O2/c1-5-13-41-31(9-1)17-18-32-10-2-6-14-42(32)51(41)35-21-23-39-47(29-35)53-45-27-25-38-37(49(39)45)26-28-46-50(38)40-24-22-36(30-48(40)54-46)52-43-15-7-3-11-33(43)19-20-34-12-4-8-16-44(34)52/h1-7,9-15,21-31,41H,8,16-20H2. The number of benzene rings is 6. The smallest absolute Gasteiger partial charge is 0.137 e. The lowest BCUT2D eigenvalue weighted by molar-refractivity contribution is 0.535. The number of anilines is 4. The summed E-state index contributed by atoms with van der Waals surface area (Å²) in [6.07, 6.45) is 20.3. The van der Waals surface area contributed by atoms with Gasteiger partial charge in [0, 0.05) is 68.0 Å². The third-order valence-electron chi connectivity index (χ3n) is 12.5. The van der Waals surface area contributed by atoms with Crippen molar-refractivity contribution in [1.29, 1.82) is 0 Å². The molecule has 4 nitrogen and oxygen atoms in total. The molecule has 0 radical (unpaired) electrons. The molecular weight excluding hydrogens is 661 g/mol. The molecule has 4 heterocycles. The van der Waals surface area contributed by atoms with E-state index in [0.29, 0.717) is 5.92 Å². The van der Waals surface area contributed by atoms with Gasteiger partial charge in [0.05, 0.1) is 6.04 Å². The number of aryl methyl sites for hydroxylation is 2. The molecular formula is C50H38N2O2. The third kappa shape index (κ3) is 4.43. The molecule has 0 N–H and O–H groups in total. The molecule has 54 heavy (non-hydrogen) atoms. The number of furan rings is 2. The molecule has 0 amide bonds. The first-order valence-electron chi connectivity index (χ1n) is 19.5. The maximum Gasteiger partial charge on any atom is 0.137 e. The number of allylic oxidation sites excluding steroid dienone is 6. The van der Waals surface area contributed by atoms with Crippen molar-refractivity contribution >= 4 is 77.4 Å². The van der Waals surface area contributed by atoms with E-state index in [1.807, 2.05) is 0 Å². The van der Waals surface area contributed by atoms with Crippen LogP contribution in [0.3, 0.4) is 0 Å². The second-order valence-corrected chi connectivity index (χ2v) is 15.4. The van der Waals surface area contributed by atoms with Gasteiger partial charge in [-0.25, -0.2) is 0 Å². The second kappa shape index (κ2) is 11.6. The van der Waals surface area contributed by atoms with E-state index in [4.69, 9.17) is 8.83 Å². The number of para-hydroxylation sites is 2. The van der Waals surface area contributed by atoms with Crippen LogP contribution in [0.4, 0.5) is 22.7 Å². The van der Waals surface area contributed by atoms with E-state index in [1.165, 1.54) is 44.5 Å². The Morgan fingerprint density at radius 2 is 1.19 bits per heavy atom. The summed E-state index contributed by atoms with van der Waals surface area (Å²) in [4.78, 5) is 5.02. The molecule has 2 unspecified atom stereocenters. The lowest BCUT2D eigenvalue weighted by atomic mass is 9.90. The van der Waals surface area contributed by atoms with Crippen LogP contribution in [0.15, 0.2) is 166 Å². The highest BCUT2D eigenvalue weighted by atomic mass is 16.3. The monoisotopic (exact) mass is 698 g/mol. The normalized spacial score (nSPS) is 19.4. The van der Waals surface area contributed by atoms with Crippen molar-refractivity contribution in [3.63, 3.8) is 0 Å². The van der Waals surface area contributed by atoms with Crippen molar-refractivity contribution in [2.45, 2.75) is 44.6 Å². The molecule has 0 bridgehead atoms. The summed E-state index contributed by atoms with van der Waals surface area (Å²) >= 11 is 0. The van der Waals surface area contributed by atoms with Crippen LogP contribution in [0.5, 0.6) is 0 Å². The minimum absolute atomic E-state index is 0.261. The Kier molecular flexibility index (Phi) is 6.50. The average molecular weight is 699 g/mol. The van der Waals surface area contributed by atoms with Crippen LogP contribution in [0.2, 0.25) is 0 Å². The predicted molar refractivity (Wildman–Crippen MR) is 223 cm³/mol. The third-order valence-corrected chi connectivity index (χ3v) is 12.5. The molecule has 8 aromatic rings. The van der Waals surface area contributed by atoms with Crippen LogP contribution in [-0.4, -0.2) is 6.04 Å². The van der Waals surface area contributed by atoms with Gasteiger partial charge in [-0.1, -0.05) is 72.9 Å². The summed E-state index contributed by atoms with van der Waals surface area (Å²) in [6.45, 7) is 0. The summed E-state index contributed by atoms with van der Waals surface area (Å²) < 4.78 is 13.4. The number of hydrogen-bond acceptors (Lipinski definition) is 4. The molecule has 0 saturated carbocycles. The second-order valence-electron chi connectivity index (χ2n) is 15.4. The average Bonchev–Trinajstić information content (AvgIpc) is 3.67. The Bertz CT molecular complexity index is 2990. The Balaban J connectivity index is 1.00. The Morgan fingerprint density at radius 1 is 0.537 bits per heavy atom. The number of fused-ring (bicyclic) bond motifs is 12. The van der Waals surface area contributed by atoms with E-state index in [0.717, 1.165) is 93.8 Å². The summed E-state index contributed by atoms with van der Waals surface area (Å²) in [5, 5.41) is 6.95. The molecule has 260 valence electrons. The number of hydrogen-bond donors (Lipinski definition) is 0. The van der Waals surface area contributed by atoms with Crippen molar-refractivity contribution < 1.29 is 8.83 Å². The summed E-state index contributed by atoms with van der Waals surface area (Å²) in [5.74, 6) is 0.458. The highest BCUT2D eigenvalue weighted by Crippen LogP contribution is 2.46. The van der Waals surface area contributed by atoms with Gasteiger partial charge < -0.3 is 18.6 Å². The lowest BCUT2D eigenvalue weighted by Crippen LogP contribution is -2.35. The zero-order chi connectivity index (χ0) is 35.3. The van der Waals surface area contributed by atoms with Crippen molar-refractivity contribution in [3.05, 3.63) is 168 Å². The van der Waals surface area contributed by atoms with Crippen LogP contribution >= 0.6 is 0 Å². The predicted octanol–water partition coefficient (Wildman–Crippen LogP) is 13.5. The molecule has 2 aromatic heterocycles. The topological polar surface area (TPSA) is 32.8 Å². The van der Waals surface area contributed by atoms with E-state index >= 15 is 0 Å². The summed E-state index contributed by atoms with van der Waals surface area (Å²) in [7, 11) is 0. The molecule has 0 saturated heterocycles. The Labute approximate surface area is 313 Å². The molecule has 12 rings (SSSR count). The summed E-state index contributed by atoms with van der Waals surface area (Å²) in [6, 6.07) is 40.4. The van der Waals surface area contributed by atoms with Crippen LogP contribution in [0.25, 0.3) is 54.6 Å². The fraction of sp³-hybridized carbons (Fsp3) is 0.160. The van der Waals surface area contributed by atoms with Gasteiger partial charge in [0.15, 0.2) is 0 Å². The fourth-order valence-corrected chi connectivity index (χ4v) is 9.99. The molecule has 2 aliphatic carbocycles. The maximum absolute atomic E-state index is 6.70. The molecule has 0 spiro atoms. The zero-order valence-corrected chi connectivity index (χ0v) is 30.0. The molecule has 2 atom stereocenters. The van der Waals surface area contributed by atoms with Crippen LogP contribution < -0.4 is 9.80 Å². The highest BCUT2D eigenvalue weighted by Gasteiger charge is 2.32. The maximum atomic E-state index is 6.70. The Morgan fingerprint density at radius 3 is 1.96 bits per heavy atom. The Hall–Kier alpha value is -6.26. The van der Waals surface area contributed by atoms with Gasteiger partial charge in [-0.3, -0.25) is 0 Å². The molecule has 4 aliphatic rings. The van der Waals surface area contributed by atoms with Gasteiger partial charge in [0.2, 0.25) is 0 Å². The van der Waals surface area contributed by atoms with E-state index in [-0.39, 0.29) is 6.04 Å². The quantitative estimate of drug-likeness (QED) is 0.180. The van der Waals surface area contributed by atoms with E-state index in [9.17, 15) is 0 Å². The van der Waals surface area contributed by atoms with Gasteiger partial charge >= 0.3 is 0 Å². The minimum Gasteiger partial charge on any atom is -0.456 e. The van der Waals surface area contributed by atoms with Crippen molar-refractivity contribution in [3.8, 4) is 0 Å². The van der Waals surface area contributed by atoms with Crippen LogP contribution in [0, 0.1) is 5.92 Å². The summed E-state index contributed by atoms with van der Waals surface area (Å²) in [5.41, 5.74) is 14.2. The van der Waals surface area contributed by atoms with Crippen LogP contribution in [-0.2, 0) is 12.8 Å². The van der Waals surface area contributed by atoms with Gasteiger partial charge in [-0.15, -0.1) is 0 Å². The van der Waals surface area contributed by atoms with Crippen LogP contribution in [0.1, 0.15) is 36.8 Å². The first kappa shape index (κ1) is 30.2. The highest BCUT2D eigenvalue weighted by molar-refractivity contribution is 6.27. The molecule has 4 heteroatoms. The van der Waals surface area contributed by atoms with Crippen molar-refractivity contribution in [1.82, 2.24) is 0 Å².